The molecule has 6 nitrogen and oxygen atoms in total. The van der Waals surface area contributed by atoms with E-state index in [1.807, 2.05) is 30.3 Å². The van der Waals surface area contributed by atoms with Crippen LogP contribution in [0.1, 0.15) is 49.3 Å². The minimum absolute atomic E-state index is 0.140. The summed E-state index contributed by atoms with van der Waals surface area (Å²) in [6.07, 6.45) is 4.20. The number of aliphatic carboxylic acids is 1. The third kappa shape index (κ3) is 7.39. The molecule has 0 spiro atoms. The number of aliphatic hydroxyl groups excluding tert-OH is 1. The van der Waals surface area contributed by atoms with E-state index in [4.69, 9.17) is 27.9 Å². The summed E-state index contributed by atoms with van der Waals surface area (Å²) in [5.74, 6) is 6.87. The van der Waals surface area contributed by atoms with Crippen LogP contribution in [-0.4, -0.2) is 52.8 Å². The minimum atomic E-state index is -0.780. The summed E-state index contributed by atoms with van der Waals surface area (Å²) < 4.78 is 5.36. The topological polar surface area (TPSA) is 82.9 Å². The van der Waals surface area contributed by atoms with Crippen molar-refractivity contribution in [3.8, 4) is 17.6 Å². The van der Waals surface area contributed by atoms with Crippen LogP contribution in [0.5, 0.6) is 5.75 Å². The number of benzene rings is 2. The third-order valence-corrected chi connectivity index (χ3v) is 8.05. The second kappa shape index (κ2) is 13.3. The molecule has 1 aromatic heterocycles. The lowest BCUT2D eigenvalue weighted by molar-refractivity contribution is -0.137. The molecule has 2 heterocycles. The van der Waals surface area contributed by atoms with Crippen LogP contribution < -0.4 is 4.74 Å². The molecular formula is C30H32Cl2N2O4. The predicted octanol–water partition coefficient (Wildman–Crippen LogP) is 6.22. The molecule has 2 N–H and O–H groups in total. The van der Waals surface area contributed by atoms with Crippen molar-refractivity contribution in [2.24, 2.45) is 11.8 Å². The number of hydrogen-bond donors (Lipinski definition) is 2. The van der Waals surface area contributed by atoms with Crippen LogP contribution in [0.4, 0.5) is 0 Å². The molecular weight excluding hydrogens is 523 g/mol. The smallest absolute Gasteiger partial charge is 0.303 e. The number of rotatable bonds is 9. The monoisotopic (exact) mass is 554 g/mol. The molecule has 1 unspecified atom stereocenters. The van der Waals surface area contributed by atoms with Gasteiger partial charge in [-0.25, -0.2) is 0 Å². The lowest BCUT2D eigenvalue weighted by Gasteiger charge is -2.38. The van der Waals surface area contributed by atoms with Crippen molar-refractivity contribution >= 4 is 40.1 Å². The Hall–Kier alpha value is -2.82. The van der Waals surface area contributed by atoms with Crippen LogP contribution in [0.15, 0.2) is 48.7 Å². The highest BCUT2D eigenvalue weighted by atomic mass is 35.5. The third-order valence-electron chi connectivity index (χ3n) is 7.31. The number of pyridine rings is 1. The highest BCUT2D eigenvalue weighted by Gasteiger charge is 2.30. The Morgan fingerprint density at radius 1 is 1.16 bits per heavy atom. The van der Waals surface area contributed by atoms with E-state index in [9.17, 15) is 15.0 Å². The average molecular weight is 556 g/mol. The largest absolute Gasteiger partial charge is 0.497 e. The fraction of sp³-hybridized carbons (Fsp3) is 0.400. The van der Waals surface area contributed by atoms with Crippen LogP contribution in [0.25, 0.3) is 10.9 Å². The number of nitrogens with zero attached hydrogens (tertiary/aromatic N) is 2. The first kappa shape index (κ1) is 28.2. The average Bonchev–Trinajstić information content (AvgIpc) is 2.92. The van der Waals surface area contributed by atoms with Gasteiger partial charge in [-0.2, -0.15) is 0 Å². The van der Waals surface area contributed by atoms with Gasteiger partial charge in [0.25, 0.3) is 0 Å². The molecule has 4 rings (SSSR count). The number of piperidine rings is 1. The summed E-state index contributed by atoms with van der Waals surface area (Å²) >= 11 is 12.1. The number of fused-ring (bicyclic) bond motifs is 1. The van der Waals surface area contributed by atoms with Gasteiger partial charge in [0.2, 0.25) is 0 Å². The Bertz CT molecular complexity index is 1340. The van der Waals surface area contributed by atoms with E-state index >= 15 is 0 Å². The maximum absolute atomic E-state index is 11.3. The first-order valence-electron chi connectivity index (χ1n) is 12.8. The van der Waals surface area contributed by atoms with Gasteiger partial charge < -0.3 is 14.9 Å². The highest BCUT2D eigenvalue weighted by Crippen LogP contribution is 2.35. The molecule has 0 amide bonds. The maximum atomic E-state index is 11.3. The van der Waals surface area contributed by atoms with Gasteiger partial charge in [-0.05, 0) is 92.1 Å². The van der Waals surface area contributed by atoms with E-state index in [0.29, 0.717) is 35.3 Å². The normalized spacial score (nSPS) is 18.5. The van der Waals surface area contributed by atoms with Gasteiger partial charge in [-0.1, -0.05) is 35.0 Å². The maximum Gasteiger partial charge on any atom is 0.303 e. The number of carboxylic acids is 1. The van der Waals surface area contributed by atoms with Crippen molar-refractivity contribution in [1.29, 1.82) is 0 Å². The summed E-state index contributed by atoms with van der Waals surface area (Å²) in [5, 5.41) is 22.3. The Labute approximate surface area is 233 Å². The van der Waals surface area contributed by atoms with Crippen LogP contribution in [0, 0.1) is 23.7 Å². The quantitative estimate of drug-likeness (QED) is 0.305. The highest BCUT2D eigenvalue weighted by molar-refractivity contribution is 6.42. The molecule has 1 aliphatic heterocycles. The Morgan fingerprint density at radius 2 is 2.00 bits per heavy atom. The number of aliphatic hydroxyl groups is 1. The van der Waals surface area contributed by atoms with Gasteiger partial charge in [0.05, 0.1) is 35.3 Å². The fourth-order valence-electron chi connectivity index (χ4n) is 5.23. The van der Waals surface area contributed by atoms with E-state index in [1.54, 1.807) is 25.4 Å². The first-order valence-corrected chi connectivity index (χ1v) is 13.6. The fourth-order valence-corrected chi connectivity index (χ4v) is 5.53. The molecule has 1 fully saturated rings. The molecule has 0 saturated carbocycles. The summed E-state index contributed by atoms with van der Waals surface area (Å²) in [4.78, 5) is 18.0. The van der Waals surface area contributed by atoms with E-state index in [-0.39, 0.29) is 12.3 Å². The number of carboxylic acid groups (broad SMARTS) is 1. The van der Waals surface area contributed by atoms with Gasteiger partial charge >= 0.3 is 5.97 Å². The molecule has 3 aromatic rings. The SMILES string of the molecule is COc1ccc2nccc(C(O)CC[C@@H]3CCN(CC#Cc4ccc(Cl)c(Cl)c4)C[C@@H]3CCC(=O)O)c2c1. The summed E-state index contributed by atoms with van der Waals surface area (Å²) in [7, 11) is 1.62. The number of aromatic nitrogens is 1. The Kier molecular flexibility index (Phi) is 9.87. The molecule has 0 aliphatic carbocycles. The van der Waals surface area contributed by atoms with E-state index < -0.39 is 12.1 Å². The summed E-state index contributed by atoms with van der Waals surface area (Å²) in [6, 6.07) is 12.9. The first-order chi connectivity index (χ1) is 18.3. The Balaban J connectivity index is 1.39. The van der Waals surface area contributed by atoms with Crippen LogP contribution in [-0.2, 0) is 4.79 Å². The van der Waals surface area contributed by atoms with Crippen molar-refractivity contribution in [2.45, 2.75) is 38.2 Å². The van der Waals surface area contributed by atoms with Crippen molar-refractivity contribution in [3.63, 3.8) is 0 Å². The number of methoxy groups -OCH3 is 1. The van der Waals surface area contributed by atoms with Crippen molar-refractivity contribution in [2.75, 3.05) is 26.7 Å². The lowest BCUT2D eigenvalue weighted by Crippen LogP contribution is -2.41. The van der Waals surface area contributed by atoms with Crippen LogP contribution in [0.2, 0.25) is 10.0 Å². The molecule has 8 heteroatoms. The second-order valence-corrected chi connectivity index (χ2v) is 10.6. The summed E-state index contributed by atoms with van der Waals surface area (Å²) in [5.41, 5.74) is 2.47. The van der Waals surface area contributed by atoms with E-state index in [2.05, 4.69) is 21.7 Å². The van der Waals surface area contributed by atoms with Gasteiger partial charge in [-0.3, -0.25) is 14.7 Å². The zero-order valence-electron chi connectivity index (χ0n) is 21.4. The van der Waals surface area contributed by atoms with Crippen LogP contribution >= 0.6 is 23.2 Å². The second-order valence-electron chi connectivity index (χ2n) is 9.78. The van der Waals surface area contributed by atoms with Gasteiger partial charge in [0, 0.05) is 30.1 Å². The summed E-state index contributed by atoms with van der Waals surface area (Å²) in [6.45, 7) is 2.28. The molecule has 38 heavy (non-hydrogen) atoms. The number of carbonyl (C=O) groups is 1. The van der Waals surface area contributed by atoms with Crippen LogP contribution in [0.3, 0.4) is 0 Å². The molecule has 0 radical (unpaired) electrons. The van der Waals surface area contributed by atoms with E-state index in [1.165, 1.54) is 0 Å². The molecule has 1 saturated heterocycles. The van der Waals surface area contributed by atoms with Crippen molar-refractivity contribution in [3.05, 3.63) is 69.8 Å². The number of halogens is 2. The number of ether oxygens (including phenoxy) is 1. The molecule has 3 atom stereocenters. The van der Waals surface area contributed by atoms with Gasteiger partial charge in [-0.15, -0.1) is 0 Å². The van der Waals surface area contributed by atoms with Crippen molar-refractivity contribution < 1.29 is 19.7 Å². The molecule has 0 bridgehead atoms. The van der Waals surface area contributed by atoms with E-state index in [0.717, 1.165) is 53.7 Å². The molecule has 2 aromatic carbocycles. The van der Waals surface area contributed by atoms with Gasteiger partial charge in [0.1, 0.15) is 5.75 Å². The zero-order valence-corrected chi connectivity index (χ0v) is 22.9. The van der Waals surface area contributed by atoms with Crippen molar-refractivity contribution in [1.82, 2.24) is 9.88 Å². The molecule has 1 aliphatic rings. The lowest BCUT2D eigenvalue weighted by atomic mass is 9.79. The number of hydrogen-bond acceptors (Lipinski definition) is 5. The zero-order chi connectivity index (χ0) is 27.1. The predicted molar refractivity (Wildman–Crippen MR) is 151 cm³/mol. The molecule has 200 valence electrons. The Morgan fingerprint density at radius 3 is 2.76 bits per heavy atom. The van der Waals surface area contributed by atoms with Gasteiger partial charge in [0.15, 0.2) is 0 Å². The number of likely N-dealkylation sites (tertiary alicyclic amines) is 1. The minimum Gasteiger partial charge on any atom is -0.497 e. The standard InChI is InChI=1S/C30H32Cl2N2O4/c1-38-23-7-9-28-25(18-23)24(12-14-33-28)29(35)10-5-21-13-16-34(19-22(21)6-11-30(36)37)15-2-3-20-4-8-26(31)27(32)17-20/h4,7-9,12,14,17-18,21-22,29,35H,5-6,10-11,13,15-16,19H2,1H3,(H,36,37)/t21-,22+,29?/m1/s1.